The van der Waals surface area contributed by atoms with Gasteiger partial charge in [-0.05, 0) is 12.1 Å². The summed E-state index contributed by atoms with van der Waals surface area (Å²) in [7, 11) is 0. The van der Waals surface area contributed by atoms with E-state index in [4.69, 9.17) is 9.84 Å². The molecule has 0 spiro atoms. The number of rotatable bonds is 4. The summed E-state index contributed by atoms with van der Waals surface area (Å²) in [5.41, 5.74) is -2.19. The first kappa shape index (κ1) is 18.7. The summed E-state index contributed by atoms with van der Waals surface area (Å²) in [5.74, 6) is -3.42. The van der Waals surface area contributed by atoms with Gasteiger partial charge in [0.2, 0.25) is 0 Å². The Bertz CT molecular complexity index is 699. The van der Waals surface area contributed by atoms with Crippen LogP contribution in [0, 0.1) is 0 Å². The zero-order chi connectivity index (χ0) is 18.8. The standard InChI is InChI=1S/C16H18O9/c17-9-3-1-2-8(13(9)20)4-5-12(19)25-11-7-16(24,15(22)23)6-10(18)14(11)21/h1-5,10-11,14,17-18,20-21,24H,6-7H2,(H,22,23). The smallest absolute Gasteiger partial charge is 0.335 e. The number of ether oxygens (including phenoxy) is 1. The minimum absolute atomic E-state index is 0.128. The maximum atomic E-state index is 11.8. The largest absolute Gasteiger partial charge is 0.504 e. The van der Waals surface area contributed by atoms with Gasteiger partial charge in [-0.3, -0.25) is 0 Å². The number of carbonyl (C=O) groups excluding carboxylic acids is 1. The van der Waals surface area contributed by atoms with Gasteiger partial charge in [-0.1, -0.05) is 12.1 Å². The van der Waals surface area contributed by atoms with E-state index in [1.807, 2.05) is 0 Å². The second-order valence-electron chi connectivity index (χ2n) is 5.83. The van der Waals surface area contributed by atoms with E-state index in [1.54, 1.807) is 0 Å². The summed E-state index contributed by atoms with van der Waals surface area (Å²) in [4.78, 5) is 22.9. The second kappa shape index (κ2) is 7.09. The average molecular weight is 354 g/mol. The molecule has 0 bridgehead atoms. The van der Waals surface area contributed by atoms with Crippen molar-refractivity contribution in [2.24, 2.45) is 0 Å². The van der Waals surface area contributed by atoms with E-state index in [0.717, 1.165) is 12.2 Å². The predicted molar refractivity (Wildman–Crippen MR) is 82.5 cm³/mol. The molecule has 1 saturated carbocycles. The van der Waals surface area contributed by atoms with Crippen LogP contribution in [-0.4, -0.2) is 66.5 Å². The van der Waals surface area contributed by atoms with E-state index in [0.29, 0.717) is 0 Å². The molecular formula is C16H18O9. The molecule has 0 aliphatic heterocycles. The fourth-order valence-corrected chi connectivity index (χ4v) is 2.57. The molecule has 1 aromatic rings. The van der Waals surface area contributed by atoms with Crippen molar-refractivity contribution >= 4 is 18.0 Å². The highest BCUT2D eigenvalue weighted by Gasteiger charge is 2.50. The van der Waals surface area contributed by atoms with Crippen molar-refractivity contribution in [1.82, 2.24) is 0 Å². The highest BCUT2D eigenvalue weighted by molar-refractivity contribution is 5.88. The number of benzene rings is 1. The van der Waals surface area contributed by atoms with Gasteiger partial charge in [-0.2, -0.15) is 0 Å². The van der Waals surface area contributed by atoms with Crippen LogP contribution in [0.4, 0.5) is 0 Å². The number of carboxylic acid groups (broad SMARTS) is 1. The molecule has 0 radical (unpaired) electrons. The number of aliphatic carboxylic acids is 1. The lowest BCUT2D eigenvalue weighted by atomic mass is 9.79. The number of hydrogen-bond acceptors (Lipinski definition) is 8. The Morgan fingerprint density at radius 1 is 1.20 bits per heavy atom. The van der Waals surface area contributed by atoms with Crippen molar-refractivity contribution in [3.05, 3.63) is 29.8 Å². The first-order valence-electron chi connectivity index (χ1n) is 7.35. The number of aliphatic hydroxyl groups is 3. The van der Waals surface area contributed by atoms with Gasteiger partial charge >= 0.3 is 11.9 Å². The molecule has 1 aromatic carbocycles. The fourth-order valence-electron chi connectivity index (χ4n) is 2.57. The van der Waals surface area contributed by atoms with Crippen molar-refractivity contribution in [3.63, 3.8) is 0 Å². The van der Waals surface area contributed by atoms with Gasteiger partial charge in [-0.25, -0.2) is 9.59 Å². The summed E-state index contributed by atoms with van der Waals surface area (Å²) < 4.78 is 4.91. The van der Waals surface area contributed by atoms with Crippen molar-refractivity contribution < 1.29 is 45.0 Å². The molecular weight excluding hydrogens is 336 g/mol. The summed E-state index contributed by atoms with van der Waals surface area (Å²) in [6, 6.07) is 4.10. The monoisotopic (exact) mass is 354 g/mol. The Labute approximate surface area is 142 Å². The van der Waals surface area contributed by atoms with Crippen LogP contribution in [0.15, 0.2) is 24.3 Å². The molecule has 2 rings (SSSR count). The molecule has 9 heteroatoms. The van der Waals surface area contributed by atoms with Gasteiger partial charge in [0.1, 0.15) is 12.2 Å². The first-order valence-corrected chi connectivity index (χ1v) is 7.35. The van der Waals surface area contributed by atoms with Gasteiger partial charge in [0.25, 0.3) is 0 Å². The summed E-state index contributed by atoms with van der Waals surface area (Å²) >= 11 is 0. The third-order valence-electron chi connectivity index (χ3n) is 3.97. The van der Waals surface area contributed by atoms with E-state index in [9.17, 15) is 35.1 Å². The number of esters is 1. The summed E-state index contributed by atoms with van der Waals surface area (Å²) in [6.45, 7) is 0. The molecule has 136 valence electrons. The normalized spacial score (nSPS) is 29.5. The number of aromatic hydroxyl groups is 2. The maximum Gasteiger partial charge on any atom is 0.335 e. The number of para-hydroxylation sites is 1. The molecule has 0 saturated heterocycles. The van der Waals surface area contributed by atoms with Gasteiger partial charge in [0, 0.05) is 24.5 Å². The molecule has 1 aliphatic rings. The van der Waals surface area contributed by atoms with Crippen LogP contribution in [0.3, 0.4) is 0 Å². The Morgan fingerprint density at radius 2 is 1.88 bits per heavy atom. The maximum absolute atomic E-state index is 11.8. The lowest BCUT2D eigenvalue weighted by molar-refractivity contribution is -0.196. The zero-order valence-corrected chi connectivity index (χ0v) is 12.9. The highest BCUT2D eigenvalue weighted by atomic mass is 16.6. The lowest BCUT2D eigenvalue weighted by Gasteiger charge is -2.39. The highest BCUT2D eigenvalue weighted by Crippen LogP contribution is 2.32. The summed E-state index contributed by atoms with van der Waals surface area (Å²) in [6.07, 6.45) is -3.70. The Kier molecular flexibility index (Phi) is 5.31. The van der Waals surface area contributed by atoms with Gasteiger partial charge in [0.15, 0.2) is 17.1 Å². The first-order chi connectivity index (χ1) is 11.6. The van der Waals surface area contributed by atoms with Gasteiger partial charge in [-0.15, -0.1) is 0 Å². The molecule has 1 fully saturated rings. The predicted octanol–water partition coefficient (Wildman–Crippen LogP) is -0.646. The molecule has 9 nitrogen and oxygen atoms in total. The van der Waals surface area contributed by atoms with Crippen LogP contribution in [-0.2, 0) is 14.3 Å². The Hall–Kier alpha value is -2.62. The van der Waals surface area contributed by atoms with Gasteiger partial charge < -0.3 is 35.4 Å². The molecule has 6 N–H and O–H groups in total. The quantitative estimate of drug-likeness (QED) is 0.234. The third kappa shape index (κ3) is 4.08. The van der Waals surface area contributed by atoms with E-state index in [-0.39, 0.29) is 11.3 Å². The zero-order valence-electron chi connectivity index (χ0n) is 12.9. The Balaban J connectivity index is 2.09. The number of aliphatic hydroxyl groups excluding tert-OH is 2. The lowest BCUT2D eigenvalue weighted by Crippen LogP contribution is -2.57. The number of carboxylic acids is 1. The number of hydrogen-bond donors (Lipinski definition) is 6. The average Bonchev–Trinajstić information content (AvgIpc) is 2.53. The topological polar surface area (TPSA) is 165 Å². The van der Waals surface area contributed by atoms with Crippen LogP contribution < -0.4 is 0 Å². The minimum atomic E-state index is -2.32. The Morgan fingerprint density at radius 3 is 2.52 bits per heavy atom. The van der Waals surface area contributed by atoms with Crippen molar-refractivity contribution in [2.45, 2.75) is 36.8 Å². The van der Waals surface area contributed by atoms with Crippen molar-refractivity contribution in [1.29, 1.82) is 0 Å². The van der Waals surface area contributed by atoms with E-state index < -0.39 is 54.4 Å². The molecule has 25 heavy (non-hydrogen) atoms. The number of phenols is 2. The molecule has 4 unspecified atom stereocenters. The SMILES string of the molecule is O=C(C=Cc1cccc(O)c1O)OC1CC(O)(C(=O)O)CC(O)C1O. The number of phenolic OH excluding ortho intramolecular Hbond substituents is 2. The van der Waals surface area contributed by atoms with Crippen LogP contribution in [0.5, 0.6) is 11.5 Å². The molecule has 1 aliphatic carbocycles. The van der Waals surface area contributed by atoms with E-state index in [1.165, 1.54) is 18.2 Å². The van der Waals surface area contributed by atoms with Gasteiger partial charge in [0.05, 0.1) is 6.10 Å². The molecule has 4 atom stereocenters. The van der Waals surface area contributed by atoms with Crippen molar-refractivity contribution in [2.75, 3.05) is 0 Å². The van der Waals surface area contributed by atoms with E-state index >= 15 is 0 Å². The van der Waals surface area contributed by atoms with Crippen LogP contribution in [0.1, 0.15) is 18.4 Å². The van der Waals surface area contributed by atoms with Crippen LogP contribution in [0.2, 0.25) is 0 Å². The third-order valence-corrected chi connectivity index (χ3v) is 3.97. The van der Waals surface area contributed by atoms with Crippen molar-refractivity contribution in [3.8, 4) is 11.5 Å². The minimum Gasteiger partial charge on any atom is -0.504 e. The fraction of sp³-hybridized carbons (Fsp3) is 0.375. The molecule has 0 amide bonds. The molecule has 0 aromatic heterocycles. The van der Waals surface area contributed by atoms with Crippen LogP contribution in [0.25, 0.3) is 6.08 Å². The van der Waals surface area contributed by atoms with E-state index in [2.05, 4.69) is 0 Å². The molecule has 0 heterocycles. The van der Waals surface area contributed by atoms with Crippen LogP contribution >= 0.6 is 0 Å². The second-order valence-corrected chi connectivity index (χ2v) is 5.83. The number of carbonyl (C=O) groups is 2. The summed E-state index contributed by atoms with van der Waals surface area (Å²) in [5, 5.41) is 57.5.